The first-order valence-corrected chi connectivity index (χ1v) is 5.12. The largest absolute Gasteiger partial charge is 0.461 e. The summed E-state index contributed by atoms with van der Waals surface area (Å²) < 4.78 is 4.95. The molecule has 0 radical (unpaired) electrons. The number of ether oxygens (including phenoxy) is 1. The maximum Gasteiger partial charge on any atom is 0.354 e. The first kappa shape index (κ1) is 11.4. The summed E-state index contributed by atoms with van der Waals surface area (Å²) in [5.41, 5.74) is 0.288. The molecule has 1 rings (SSSR count). The van der Waals surface area contributed by atoms with Crippen LogP contribution in [0.1, 0.15) is 30.3 Å². The lowest BCUT2D eigenvalue weighted by molar-refractivity contribution is 0.0493. The van der Waals surface area contributed by atoms with Gasteiger partial charge >= 0.3 is 5.97 Å². The molecule has 78 valence electrons. The minimum absolute atomic E-state index is 0.258. The molecule has 14 heavy (non-hydrogen) atoms. The Labute approximate surface area is 92.3 Å². The average molecular weight is 236 g/mol. The summed E-state index contributed by atoms with van der Waals surface area (Å²) in [5.74, 6) is -0.424. The fourth-order valence-corrected chi connectivity index (χ4v) is 1.21. The van der Waals surface area contributed by atoms with E-state index in [-0.39, 0.29) is 10.8 Å². The minimum atomic E-state index is -0.424. The van der Waals surface area contributed by atoms with Gasteiger partial charge in [-0.2, -0.15) is 0 Å². The SMILES string of the molecule is CCCCOC(=O)c1cc(Cl)c(Cl)[nH]1. The maximum absolute atomic E-state index is 11.3. The van der Waals surface area contributed by atoms with Gasteiger partial charge in [0.25, 0.3) is 0 Å². The molecule has 1 heterocycles. The lowest BCUT2D eigenvalue weighted by atomic mass is 10.3. The van der Waals surface area contributed by atoms with Gasteiger partial charge in [0, 0.05) is 0 Å². The van der Waals surface area contributed by atoms with Gasteiger partial charge in [-0.3, -0.25) is 0 Å². The fraction of sp³-hybridized carbons (Fsp3) is 0.444. The predicted octanol–water partition coefficient (Wildman–Crippen LogP) is 3.28. The number of carbonyl (C=O) groups is 1. The second-order valence-corrected chi connectivity index (χ2v) is 3.62. The van der Waals surface area contributed by atoms with Crippen LogP contribution in [0, 0.1) is 0 Å². The summed E-state index contributed by atoms with van der Waals surface area (Å²) in [6, 6.07) is 1.46. The molecular formula is C9H11Cl2NO2. The van der Waals surface area contributed by atoms with Crippen molar-refractivity contribution in [3.8, 4) is 0 Å². The van der Waals surface area contributed by atoms with Gasteiger partial charge < -0.3 is 9.72 Å². The molecule has 0 saturated carbocycles. The third-order valence-electron chi connectivity index (χ3n) is 1.68. The third-order valence-corrected chi connectivity index (χ3v) is 2.37. The Morgan fingerprint density at radius 2 is 2.29 bits per heavy atom. The molecule has 3 nitrogen and oxygen atoms in total. The average Bonchev–Trinajstić information content (AvgIpc) is 2.47. The van der Waals surface area contributed by atoms with Gasteiger partial charge in [0.15, 0.2) is 0 Å². The van der Waals surface area contributed by atoms with Crippen molar-refractivity contribution in [2.45, 2.75) is 19.8 Å². The monoisotopic (exact) mass is 235 g/mol. The molecule has 0 fully saturated rings. The number of esters is 1. The van der Waals surface area contributed by atoms with E-state index in [1.807, 2.05) is 6.92 Å². The van der Waals surface area contributed by atoms with Gasteiger partial charge in [-0.05, 0) is 12.5 Å². The van der Waals surface area contributed by atoms with E-state index in [0.29, 0.717) is 11.6 Å². The summed E-state index contributed by atoms with van der Waals surface area (Å²) in [4.78, 5) is 13.9. The molecule has 0 bridgehead atoms. The molecular weight excluding hydrogens is 225 g/mol. The number of aromatic nitrogens is 1. The lowest BCUT2D eigenvalue weighted by Crippen LogP contribution is -2.06. The standard InChI is InChI=1S/C9H11Cl2NO2/c1-2-3-4-14-9(13)7-5-6(10)8(11)12-7/h5,12H,2-4H2,1H3. The summed E-state index contributed by atoms with van der Waals surface area (Å²) in [7, 11) is 0. The van der Waals surface area contributed by atoms with E-state index in [1.165, 1.54) is 6.07 Å². The molecule has 1 N–H and O–H groups in total. The molecule has 0 atom stereocenters. The van der Waals surface area contributed by atoms with Crippen LogP contribution in [-0.4, -0.2) is 17.6 Å². The number of H-pyrrole nitrogens is 1. The van der Waals surface area contributed by atoms with Crippen LogP contribution in [0.25, 0.3) is 0 Å². The van der Waals surface area contributed by atoms with Crippen LogP contribution in [-0.2, 0) is 4.74 Å². The van der Waals surface area contributed by atoms with Gasteiger partial charge in [0.2, 0.25) is 0 Å². The van der Waals surface area contributed by atoms with Crippen molar-refractivity contribution in [3.05, 3.63) is 21.9 Å². The molecule has 5 heteroatoms. The molecule has 0 unspecified atom stereocenters. The molecule has 0 aliphatic rings. The smallest absolute Gasteiger partial charge is 0.354 e. The minimum Gasteiger partial charge on any atom is -0.461 e. The summed E-state index contributed by atoms with van der Waals surface area (Å²) >= 11 is 11.3. The van der Waals surface area contributed by atoms with Crippen molar-refractivity contribution >= 4 is 29.2 Å². The van der Waals surface area contributed by atoms with Crippen LogP contribution in [0.15, 0.2) is 6.07 Å². The van der Waals surface area contributed by atoms with Gasteiger partial charge in [0.05, 0.1) is 11.6 Å². The number of aromatic amines is 1. The van der Waals surface area contributed by atoms with E-state index in [9.17, 15) is 4.79 Å². The molecule has 0 saturated heterocycles. The normalized spacial score (nSPS) is 10.2. The second kappa shape index (κ2) is 5.27. The fourth-order valence-electron chi connectivity index (χ4n) is 0.901. The van der Waals surface area contributed by atoms with Crippen molar-refractivity contribution in [1.82, 2.24) is 4.98 Å². The first-order valence-electron chi connectivity index (χ1n) is 4.36. The summed E-state index contributed by atoms with van der Waals surface area (Å²) in [5, 5.41) is 0.586. The Morgan fingerprint density at radius 1 is 1.57 bits per heavy atom. The zero-order chi connectivity index (χ0) is 10.6. The number of halogens is 2. The maximum atomic E-state index is 11.3. The highest BCUT2D eigenvalue weighted by molar-refractivity contribution is 6.41. The number of carbonyl (C=O) groups excluding carboxylic acids is 1. The second-order valence-electron chi connectivity index (χ2n) is 2.83. The van der Waals surface area contributed by atoms with E-state index >= 15 is 0 Å². The zero-order valence-electron chi connectivity index (χ0n) is 7.77. The van der Waals surface area contributed by atoms with Gasteiger partial charge in [-0.15, -0.1) is 0 Å². The van der Waals surface area contributed by atoms with E-state index in [2.05, 4.69) is 4.98 Å². The van der Waals surface area contributed by atoms with E-state index in [1.54, 1.807) is 0 Å². The number of hydrogen-bond donors (Lipinski definition) is 1. The van der Waals surface area contributed by atoms with Gasteiger partial charge in [-0.25, -0.2) is 4.79 Å². The molecule has 0 aromatic carbocycles. The number of unbranched alkanes of at least 4 members (excludes halogenated alkanes) is 1. The Morgan fingerprint density at radius 3 is 2.79 bits per heavy atom. The van der Waals surface area contributed by atoms with Crippen molar-refractivity contribution in [3.63, 3.8) is 0 Å². The van der Waals surface area contributed by atoms with Crippen LogP contribution >= 0.6 is 23.2 Å². The third kappa shape index (κ3) is 2.93. The number of nitrogens with one attached hydrogen (secondary N) is 1. The molecule has 0 aliphatic heterocycles. The highest BCUT2D eigenvalue weighted by Gasteiger charge is 2.12. The Kier molecular flexibility index (Phi) is 4.29. The van der Waals surface area contributed by atoms with Crippen molar-refractivity contribution in [2.75, 3.05) is 6.61 Å². The predicted molar refractivity (Wildman–Crippen MR) is 56.0 cm³/mol. The lowest BCUT2D eigenvalue weighted by Gasteiger charge is -2.00. The molecule has 1 aromatic heterocycles. The van der Waals surface area contributed by atoms with Crippen molar-refractivity contribution in [1.29, 1.82) is 0 Å². The topological polar surface area (TPSA) is 42.1 Å². The van der Waals surface area contributed by atoms with Gasteiger partial charge in [-0.1, -0.05) is 36.5 Å². The Bertz CT molecular complexity index is 303. The molecule has 0 spiro atoms. The summed E-state index contributed by atoms with van der Waals surface area (Å²) in [6.45, 7) is 2.44. The summed E-state index contributed by atoms with van der Waals surface area (Å²) in [6.07, 6.45) is 1.84. The van der Waals surface area contributed by atoms with Crippen LogP contribution in [0.4, 0.5) is 0 Å². The van der Waals surface area contributed by atoms with Crippen LogP contribution in [0.2, 0.25) is 10.2 Å². The van der Waals surface area contributed by atoms with Crippen molar-refractivity contribution < 1.29 is 9.53 Å². The number of rotatable bonds is 4. The first-order chi connectivity index (χ1) is 6.65. The quantitative estimate of drug-likeness (QED) is 0.643. The number of hydrogen-bond acceptors (Lipinski definition) is 2. The molecule has 0 amide bonds. The van der Waals surface area contributed by atoms with Gasteiger partial charge in [0.1, 0.15) is 10.8 Å². The van der Waals surface area contributed by atoms with Crippen LogP contribution in [0.3, 0.4) is 0 Å². The molecule has 0 aliphatic carbocycles. The zero-order valence-corrected chi connectivity index (χ0v) is 9.28. The van der Waals surface area contributed by atoms with Crippen molar-refractivity contribution in [2.24, 2.45) is 0 Å². The Hall–Kier alpha value is -0.670. The highest BCUT2D eigenvalue weighted by Crippen LogP contribution is 2.22. The van der Waals surface area contributed by atoms with Crippen LogP contribution in [0.5, 0.6) is 0 Å². The van der Waals surface area contributed by atoms with Crippen LogP contribution < -0.4 is 0 Å². The highest BCUT2D eigenvalue weighted by atomic mass is 35.5. The van der Waals surface area contributed by atoms with E-state index < -0.39 is 5.97 Å². The van der Waals surface area contributed by atoms with E-state index in [0.717, 1.165) is 12.8 Å². The molecule has 1 aromatic rings. The Balaban J connectivity index is 2.52. The van der Waals surface area contributed by atoms with E-state index in [4.69, 9.17) is 27.9 Å².